The van der Waals surface area contributed by atoms with Crippen LogP contribution in [-0.2, 0) is 10.0 Å². The third kappa shape index (κ3) is 3.34. The van der Waals surface area contributed by atoms with Crippen molar-refractivity contribution in [3.63, 3.8) is 0 Å². The molecular weight excluding hydrogens is 337 g/mol. The normalized spacial score (nSPS) is 22.4. The van der Waals surface area contributed by atoms with E-state index in [1.54, 1.807) is 0 Å². The molecule has 2 unspecified atom stereocenters. The van der Waals surface area contributed by atoms with E-state index in [1.165, 1.54) is 12.1 Å². The molecule has 1 aromatic carbocycles. The van der Waals surface area contributed by atoms with Crippen molar-refractivity contribution in [2.45, 2.75) is 37.1 Å². The quantitative estimate of drug-likeness (QED) is 0.872. The Bertz CT molecular complexity index is 675. The lowest BCUT2D eigenvalue weighted by Crippen LogP contribution is -2.36. The number of carboxylic acid groups (broad SMARTS) is 1. The van der Waals surface area contributed by atoms with Crippen LogP contribution in [0.25, 0.3) is 0 Å². The van der Waals surface area contributed by atoms with Gasteiger partial charge in [0.25, 0.3) is 0 Å². The van der Waals surface area contributed by atoms with Crippen molar-refractivity contribution in [2.24, 2.45) is 5.92 Å². The fraction of sp³-hybridized carbons (Fsp3) is 0.462. The number of halogens is 2. The lowest BCUT2D eigenvalue weighted by molar-refractivity contribution is 0.0697. The number of carbonyl (C=O) groups is 1. The van der Waals surface area contributed by atoms with E-state index >= 15 is 0 Å². The highest BCUT2D eigenvalue weighted by Crippen LogP contribution is 2.32. The molecule has 0 spiro atoms. The highest BCUT2D eigenvalue weighted by atomic mass is 35.5. The third-order valence-corrected chi connectivity index (χ3v) is 6.08. The van der Waals surface area contributed by atoms with Gasteiger partial charge in [0, 0.05) is 6.04 Å². The Morgan fingerprint density at radius 1 is 1.33 bits per heavy atom. The molecule has 0 heterocycles. The molecule has 0 saturated heterocycles. The molecule has 0 radical (unpaired) electrons. The number of benzene rings is 1. The Labute approximate surface area is 133 Å². The van der Waals surface area contributed by atoms with Gasteiger partial charge in [-0.25, -0.2) is 17.9 Å². The van der Waals surface area contributed by atoms with Crippen molar-refractivity contribution >= 4 is 39.2 Å². The fourth-order valence-electron chi connectivity index (χ4n) is 2.52. The van der Waals surface area contributed by atoms with Gasteiger partial charge in [0.1, 0.15) is 4.90 Å². The molecule has 21 heavy (non-hydrogen) atoms. The highest BCUT2D eigenvalue weighted by Gasteiger charge is 2.31. The second-order valence-corrected chi connectivity index (χ2v) is 7.64. The van der Waals surface area contributed by atoms with Crippen LogP contribution >= 0.6 is 23.2 Å². The van der Waals surface area contributed by atoms with Crippen LogP contribution in [-0.4, -0.2) is 25.5 Å². The maximum atomic E-state index is 12.4. The molecule has 1 aliphatic rings. The van der Waals surface area contributed by atoms with Crippen molar-refractivity contribution < 1.29 is 18.3 Å². The second kappa shape index (κ2) is 6.12. The van der Waals surface area contributed by atoms with E-state index in [4.69, 9.17) is 28.3 Å². The summed E-state index contributed by atoms with van der Waals surface area (Å²) >= 11 is 11.7. The van der Waals surface area contributed by atoms with Gasteiger partial charge in [-0.05, 0) is 30.9 Å². The molecule has 5 nitrogen and oxygen atoms in total. The number of hydrogen-bond acceptors (Lipinski definition) is 3. The zero-order chi connectivity index (χ0) is 15.8. The molecule has 116 valence electrons. The van der Waals surface area contributed by atoms with Gasteiger partial charge in [-0.3, -0.25) is 0 Å². The number of rotatable bonds is 4. The first-order valence-corrected chi connectivity index (χ1v) is 8.71. The second-order valence-electron chi connectivity index (χ2n) is 5.18. The van der Waals surface area contributed by atoms with Gasteiger partial charge in [-0.1, -0.05) is 36.5 Å². The fourth-order valence-corrected chi connectivity index (χ4v) is 4.82. The lowest BCUT2D eigenvalue weighted by atomic mass is 10.1. The van der Waals surface area contributed by atoms with Gasteiger partial charge < -0.3 is 5.11 Å². The van der Waals surface area contributed by atoms with Crippen molar-refractivity contribution in [1.82, 2.24) is 4.72 Å². The number of sulfonamides is 1. The molecule has 0 aliphatic heterocycles. The monoisotopic (exact) mass is 351 g/mol. The smallest absolute Gasteiger partial charge is 0.338 e. The number of carboxylic acids is 1. The largest absolute Gasteiger partial charge is 0.478 e. The summed E-state index contributed by atoms with van der Waals surface area (Å²) in [5, 5.41) is 8.61. The molecule has 2 rings (SSSR count). The average Bonchev–Trinajstić information content (AvgIpc) is 2.73. The SMILES string of the molecule is CC1CCCC1NS(=O)(=O)c1ccc(Cl)c(C(=O)O)c1Cl. The van der Waals surface area contributed by atoms with E-state index in [1.807, 2.05) is 6.92 Å². The first-order valence-electron chi connectivity index (χ1n) is 6.47. The van der Waals surface area contributed by atoms with Gasteiger partial charge in [0.2, 0.25) is 10.0 Å². The molecule has 1 aliphatic carbocycles. The van der Waals surface area contributed by atoms with Crippen LogP contribution in [0.4, 0.5) is 0 Å². The van der Waals surface area contributed by atoms with E-state index < -0.39 is 21.6 Å². The van der Waals surface area contributed by atoms with Gasteiger partial charge in [0.05, 0.1) is 15.6 Å². The standard InChI is InChI=1S/C13H15Cl2NO4S/c1-7-3-2-4-9(7)16-21(19,20)10-6-5-8(14)11(12(10)15)13(17)18/h5-7,9,16H,2-4H2,1H3,(H,17,18). The minimum absolute atomic E-state index is 0.0966. The van der Waals surface area contributed by atoms with Gasteiger partial charge >= 0.3 is 5.97 Å². The summed E-state index contributed by atoms with van der Waals surface area (Å²) in [5.74, 6) is -1.12. The minimum atomic E-state index is -3.88. The molecule has 8 heteroatoms. The Morgan fingerprint density at radius 3 is 2.52 bits per heavy atom. The maximum Gasteiger partial charge on any atom is 0.338 e. The summed E-state index contributed by atoms with van der Waals surface area (Å²) in [5.41, 5.74) is -0.402. The predicted octanol–water partition coefficient (Wildman–Crippen LogP) is 3.16. The number of aromatic carboxylic acids is 1. The van der Waals surface area contributed by atoms with Crippen molar-refractivity contribution in [3.8, 4) is 0 Å². The molecule has 2 atom stereocenters. The molecule has 0 aromatic heterocycles. The van der Waals surface area contributed by atoms with E-state index in [-0.39, 0.29) is 26.9 Å². The van der Waals surface area contributed by atoms with Gasteiger partial charge in [0.15, 0.2) is 0 Å². The lowest BCUT2D eigenvalue weighted by Gasteiger charge is -2.18. The van der Waals surface area contributed by atoms with E-state index in [2.05, 4.69) is 4.72 Å². The van der Waals surface area contributed by atoms with Crippen LogP contribution in [0.3, 0.4) is 0 Å². The molecule has 2 N–H and O–H groups in total. The van der Waals surface area contributed by atoms with E-state index in [0.29, 0.717) is 0 Å². The summed E-state index contributed by atoms with van der Waals surface area (Å²) in [7, 11) is -3.88. The average molecular weight is 352 g/mol. The van der Waals surface area contributed by atoms with Crippen LogP contribution in [0.15, 0.2) is 17.0 Å². The van der Waals surface area contributed by atoms with Gasteiger partial charge in [-0.15, -0.1) is 0 Å². The highest BCUT2D eigenvalue weighted by molar-refractivity contribution is 7.89. The molecule has 1 aromatic rings. The van der Waals surface area contributed by atoms with Crippen molar-refractivity contribution in [2.75, 3.05) is 0 Å². The van der Waals surface area contributed by atoms with Crippen LogP contribution in [0.5, 0.6) is 0 Å². The summed E-state index contributed by atoms with van der Waals surface area (Å²) in [4.78, 5) is 10.9. The summed E-state index contributed by atoms with van der Waals surface area (Å²) in [6, 6.07) is 2.29. The summed E-state index contributed by atoms with van der Waals surface area (Å²) < 4.78 is 27.4. The van der Waals surface area contributed by atoms with Crippen LogP contribution < -0.4 is 4.72 Å². The zero-order valence-corrected chi connectivity index (χ0v) is 13.6. The maximum absolute atomic E-state index is 12.4. The molecule has 1 fully saturated rings. The van der Waals surface area contributed by atoms with E-state index in [9.17, 15) is 13.2 Å². The summed E-state index contributed by atoms with van der Waals surface area (Å²) in [6.07, 6.45) is 2.68. The van der Waals surface area contributed by atoms with Crippen LogP contribution in [0.1, 0.15) is 36.5 Å². The number of nitrogens with one attached hydrogen (secondary N) is 1. The molecule has 1 saturated carbocycles. The molecular formula is C13H15Cl2NO4S. The van der Waals surface area contributed by atoms with Crippen LogP contribution in [0.2, 0.25) is 10.0 Å². The Balaban J connectivity index is 2.41. The summed E-state index contributed by atoms with van der Waals surface area (Å²) in [6.45, 7) is 1.98. The Hall–Kier alpha value is -0.820. The Kier molecular flexibility index (Phi) is 4.82. The van der Waals surface area contributed by atoms with E-state index in [0.717, 1.165) is 19.3 Å². The Morgan fingerprint density at radius 2 is 2.00 bits per heavy atom. The van der Waals surface area contributed by atoms with Gasteiger partial charge in [-0.2, -0.15) is 0 Å². The third-order valence-electron chi connectivity index (χ3n) is 3.73. The minimum Gasteiger partial charge on any atom is -0.478 e. The van der Waals surface area contributed by atoms with Crippen LogP contribution in [0, 0.1) is 5.92 Å². The predicted molar refractivity (Wildman–Crippen MR) is 80.5 cm³/mol. The molecule has 0 amide bonds. The zero-order valence-electron chi connectivity index (χ0n) is 11.3. The first-order chi connectivity index (χ1) is 9.74. The first kappa shape index (κ1) is 16.5. The van der Waals surface area contributed by atoms with Crippen molar-refractivity contribution in [3.05, 3.63) is 27.7 Å². The molecule has 0 bridgehead atoms. The van der Waals surface area contributed by atoms with Crippen molar-refractivity contribution in [1.29, 1.82) is 0 Å². The topological polar surface area (TPSA) is 83.5 Å². The number of hydrogen-bond donors (Lipinski definition) is 2.